The summed E-state index contributed by atoms with van der Waals surface area (Å²) in [6.07, 6.45) is 3.60. The van der Waals surface area contributed by atoms with Gasteiger partial charge >= 0.3 is 0 Å². The van der Waals surface area contributed by atoms with Gasteiger partial charge in [0.2, 0.25) is 5.91 Å². The van der Waals surface area contributed by atoms with Crippen LogP contribution in [0.1, 0.15) is 6.92 Å². The normalized spacial score (nSPS) is 14.2. The molecule has 0 unspecified atom stereocenters. The number of aromatic amines is 1. The number of anilines is 2. The second-order valence-electron chi connectivity index (χ2n) is 8.46. The summed E-state index contributed by atoms with van der Waals surface area (Å²) in [5.74, 6) is 0.990. The van der Waals surface area contributed by atoms with E-state index in [0.29, 0.717) is 18.2 Å². The SMILES string of the molecule is CNc1cccc2c1[nH]c1nc(Sc3cnc4cccnc4c3)nc(N3CCN(C(C)=O)CC3)c12. The van der Waals surface area contributed by atoms with E-state index in [1.807, 2.05) is 48.5 Å². The van der Waals surface area contributed by atoms with Gasteiger partial charge in [-0.1, -0.05) is 12.1 Å². The zero-order chi connectivity index (χ0) is 23.9. The lowest BCUT2D eigenvalue weighted by molar-refractivity contribution is -0.129. The molecule has 176 valence electrons. The third kappa shape index (κ3) is 3.89. The lowest BCUT2D eigenvalue weighted by atomic mass is 10.1. The molecule has 0 aliphatic carbocycles. The third-order valence-electron chi connectivity index (χ3n) is 6.38. The van der Waals surface area contributed by atoms with Crippen LogP contribution in [0.3, 0.4) is 0 Å². The first kappa shape index (κ1) is 21.6. The van der Waals surface area contributed by atoms with Crippen LogP contribution in [0.4, 0.5) is 11.5 Å². The number of fused-ring (bicyclic) bond motifs is 4. The highest BCUT2D eigenvalue weighted by molar-refractivity contribution is 7.99. The van der Waals surface area contributed by atoms with Gasteiger partial charge in [0.25, 0.3) is 0 Å². The Kier molecular flexibility index (Phi) is 5.37. The molecule has 1 aromatic carbocycles. The first-order valence-electron chi connectivity index (χ1n) is 11.5. The molecule has 10 heteroatoms. The minimum absolute atomic E-state index is 0.108. The summed E-state index contributed by atoms with van der Waals surface area (Å²) < 4.78 is 0. The van der Waals surface area contributed by atoms with Crippen molar-refractivity contribution in [1.82, 2.24) is 29.8 Å². The molecule has 0 bridgehead atoms. The van der Waals surface area contributed by atoms with Gasteiger partial charge in [-0.2, -0.15) is 0 Å². The summed E-state index contributed by atoms with van der Waals surface area (Å²) in [5.41, 5.74) is 4.49. The fraction of sp³-hybridized carbons (Fsp3) is 0.240. The highest BCUT2D eigenvalue weighted by atomic mass is 32.2. The number of hydrogen-bond donors (Lipinski definition) is 2. The van der Waals surface area contributed by atoms with Gasteiger partial charge in [0, 0.05) is 62.8 Å². The maximum Gasteiger partial charge on any atom is 0.219 e. The molecule has 1 aliphatic heterocycles. The molecule has 1 amide bonds. The number of hydrogen-bond acceptors (Lipinski definition) is 8. The van der Waals surface area contributed by atoms with Gasteiger partial charge in [-0.15, -0.1) is 0 Å². The maximum absolute atomic E-state index is 11.9. The van der Waals surface area contributed by atoms with Crippen LogP contribution in [0.2, 0.25) is 0 Å². The van der Waals surface area contributed by atoms with Crippen molar-refractivity contribution in [1.29, 1.82) is 0 Å². The predicted molar refractivity (Wildman–Crippen MR) is 139 cm³/mol. The minimum atomic E-state index is 0.108. The molecule has 35 heavy (non-hydrogen) atoms. The minimum Gasteiger partial charge on any atom is -0.386 e. The quantitative estimate of drug-likeness (QED) is 0.370. The summed E-state index contributed by atoms with van der Waals surface area (Å²) >= 11 is 1.47. The van der Waals surface area contributed by atoms with Gasteiger partial charge in [0.1, 0.15) is 11.5 Å². The number of aromatic nitrogens is 5. The van der Waals surface area contributed by atoms with Gasteiger partial charge in [-0.25, -0.2) is 9.97 Å². The van der Waals surface area contributed by atoms with E-state index in [-0.39, 0.29) is 5.91 Å². The van der Waals surface area contributed by atoms with Crippen molar-refractivity contribution in [2.24, 2.45) is 0 Å². The molecule has 0 saturated carbocycles. The van der Waals surface area contributed by atoms with E-state index in [1.165, 1.54) is 11.8 Å². The van der Waals surface area contributed by atoms with Crippen molar-refractivity contribution >= 4 is 62.1 Å². The van der Waals surface area contributed by atoms with E-state index < -0.39 is 0 Å². The Hall–Kier alpha value is -3.92. The van der Waals surface area contributed by atoms with Crippen LogP contribution in [-0.4, -0.2) is 69.0 Å². The zero-order valence-corrected chi connectivity index (χ0v) is 20.3. The number of H-pyrrole nitrogens is 1. The van der Waals surface area contributed by atoms with Gasteiger partial charge in [0.15, 0.2) is 5.16 Å². The maximum atomic E-state index is 11.9. The summed E-state index contributed by atoms with van der Waals surface area (Å²) in [6, 6.07) is 12.0. The molecule has 1 aliphatic rings. The van der Waals surface area contributed by atoms with Crippen molar-refractivity contribution in [3.8, 4) is 0 Å². The van der Waals surface area contributed by atoms with E-state index in [4.69, 9.17) is 9.97 Å². The smallest absolute Gasteiger partial charge is 0.219 e. The van der Waals surface area contributed by atoms with Gasteiger partial charge in [-0.05, 0) is 36.0 Å². The number of pyridine rings is 2. The number of piperazine rings is 1. The van der Waals surface area contributed by atoms with Crippen molar-refractivity contribution in [3.05, 3.63) is 48.8 Å². The molecular weight excluding hydrogens is 460 g/mol. The molecular formula is C25H24N8OS. The fourth-order valence-electron chi connectivity index (χ4n) is 4.59. The molecule has 1 saturated heterocycles. The standard InChI is InChI=1S/C25H24N8OS/c1-15(34)32-9-11-33(12-10-32)24-21-17-5-3-6-19(26-2)22(17)29-23(21)30-25(31-24)35-16-13-20-18(28-14-16)7-4-8-27-20/h3-8,13-14,26H,9-12H2,1-2H3,(H,29,30,31). The Morgan fingerprint density at radius 3 is 2.71 bits per heavy atom. The van der Waals surface area contributed by atoms with Gasteiger partial charge in [0.05, 0.1) is 27.6 Å². The van der Waals surface area contributed by atoms with E-state index >= 15 is 0 Å². The number of rotatable bonds is 4. The molecule has 6 rings (SSSR count). The van der Waals surface area contributed by atoms with Crippen molar-refractivity contribution in [3.63, 3.8) is 0 Å². The second-order valence-corrected chi connectivity index (χ2v) is 9.51. The van der Waals surface area contributed by atoms with Crippen LogP contribution < -0.4 is 10.2 Å². The van der Waals surface area contributed by atoms with Crippen molar-refractivity contribution in [2.75, 3.05) is 43.4 Å². The molecule has 0 atom stereocenters. The van der Waals surface area contributed by atoms with Gasteiger partial charge < -0.3 is 20.1 Å². The molecule has 5 aromatic rings. The number of benzene rings is 1. The summed E-state index contributed by atoms with van der Waals surface area (Å²) in [5, 5.41) is 5.97. The Bertz CT molecular complexity index is 1570. The Morgan fingerprint density at radius 1 is 1.06 bits per heavy atom. The van der Waals surface area contributed by atoms with Crippen LogP contribution in [0, 0.1) is 0 Å². The number of para-hydroxylation sites is 1. The number of carbonyl (C=O) groups is 1. The highest BCUT2D eigenvalue weighted by Crippen LogP contribution is 2.37. The van der Waals surface area contributed by atoms with Crippen LogP contribution in [-0.2, 0) is 4.79 Å². The number of amides is 1. The predicted octanol–water partition coefficient (Wildman–Crippen LogP) is 3.92. The lowest BCUT2D eigenvalue weighted by Gasteiger charge is -2.35. The Morgan fingerprint density at radius 2 is 1.91 bits per heavy atom. The summed E-state index contributed by atoms with van der Waals surface area (Å²) in [4.78, 5) is 39.3. The topological polar surface area (TPSA) is 103 Å². The summed E-state index contributed by atoms with van der Waals surface area (Å²) in [6.45, 7) is 4.41. The van der Waals surface area contributed by atoms with Gasteiger partial charge in [-0.3, -0.25) is 14.8 Å². The first-order chi connectivity index (χ1) is 17.1. The lowest BCUT2D eigenvalue weighted by Crippen LogP contribution is -2.48. The van der Waals surface area contributed by atoms with E-state index in [2.05, 4.69) is 31.2 Å². The molecule has 2 N–H and O–H groups in total. The van der Waals surface area contributed by atoms with Crippen LogP contribution in [0.25, 0.3) is 33.0 Å². The monoisotopic (exact) mass is 484 g/mol. The van der Waals surface area contributed by atoms with E-state index in [1.54, 1.807) is 13.1 Å². The molecule has 5 heterocycles. The number of nitrogens with one attached hydrogen (secondary N) is 2. The molecule has 0 spiro atoms. The molecule has 0 radical (unpaired) electrons. The van der Waals surface area contributed by atoms with Crippen LogP contribution in [0.15, 0.2) is 58.8 Å². The number of nitrogens with zero attached hydrogens (tertiary/aromatic N) is 6. The average molecular weight is 485 g/mol. The molecule has 9 nitrogen and oxygen atoms in total. The van der Waals surface area contributed by atoms with Crippen LogP contribution in [0.5, 0.6) is 0 Å². The first-order valence-corrected chi connectivity index (χ1v) is 12.3. The highest BCUT2D eigenvalue weighted by Gasteiger charge is 2.24. The van der Waals surface area contributed by atoms with E-state index in [9.17, 15) is 4.79 Å². The Balaban J connectivity index is 1.46. The van der Waals surface area contributed by atoms with Crippen molar-refractivity contribution < 1.29 is 4.79 Å². The molecule has 4 aromatic heterocycles. The Labute approximate surface area is 206 Å². The van der Waals surface area contributed by atoms with E-state index in [0.717, 1.165) is 62.5 Å². The van der Waals surface area contributed by atoms with Crippen molar-refractivity contribution in [2.45, 2.75) is 17.0 Å². The third-order valence-corrected chi connectivity index (χ3v) is 7.20. The summed E-state index contributed by atoms with van der Waals surface area (Å²) in [7, 11) is 1.91. The molecule has 1 fully saturated rings. The zero-order valence-electron chi connectivity index (χ0n) is 19.4. The second kappa shape index (κ2) is 8.70. The largest absolute Gasteiger partial charge is 0.386 e. The number of carbonyl (C=O) groups excluding carboxylic acids is 1. The fourth-order valence-corrected chi connectivity index (χ4v) is 5.35. The van der Waals surface area contributed by atoms with Crippen LogP contribution >= 0.6 is 11.8 Å². The average Bonchev–Trinajstić information content (AvgIpc) is 3.27.